The van der Waals surface area contributed by atoms with Crippen LogP contribution in [0.5, 0.6) is 0 Å². The highest BCUT2D eigenvalue weighted by molar-refractivity contribution is 6.62. The van der Waals surface area contributed by atoms with Crippen molar-refractivity contribution in [1.82, 2.24) is 0 Å². The maximum Gasteiger partial charge on any atom is 0.494 e. The van der Waals surface area contributed by atoms with Gasteiger partial charge in [0.15, 0.2) is 0 Å². The zero-order valence-corrected chi connectivity index (χ0v) is 14.9. The zero-order valence-electron chi connectivity index (χ0n) is 14.9. The van der Waals surface area contributed by atoms with Crippen molar-refractivity contribution in [2.75, 3.05) is 0 Å². The predicted octanol–water partition coefficient (Wildman–Crippen LogP) is 3.39. The molecule has 2 fully saturated rings. The number of ketones is 1. The van der Waals surface area contributed by atoms with Crippen molar-refractivity contribution in [2.24, 2.45) is 0 Å². The molecule has 124 valence electrons. The first-order valence-electron chi connectivity index (χ1n) is 8.65. The van der Waals surface area contributed by atoms with Crippen LogP contribution in [0.15, 0.2) is 24.3 Å². The molecular weight excluding hydrogens is 287 g/mol. The fourth-order valence-corrected chi connectivity index (χ4v) is 3.76. The third-order valence-electron chi connectivity index (χ3n) is 6.12. The summed E-state index contributed by atoms with van der Waals surface area (Å²) in [6.07, 6.45) is 4.22. The van der Waals surface area contributed by atoms with Gasteiger partial charge in [-0.05, 0) is 58.5 Å². The lowest BCUT2D eigenvalue weighted by atomic mass is 9.73. The Balaban J connectivity index is 1.85. The third-order valence-corrected chi connectivity index (χ3v) is 6.12. The highest BCUT2D eigenvalue weighted by atomic mass is 16.7. The Morgan fingerprint density at radius 1 is 0.957 bits per heavy atom. The molecule has 1 aromatic rings. The minimum atomic E-state index is -0.342. The Morgan fingerprint density at radius 2 is 1.43 bits per heavy atom. The van der Waals surface area contributed by atoms with Gasteiger partial charge in [-0.2, -0.15) is 0 Å². The second kappa shape index (κ2) is 5.46. The summed E-state index contributed by atoms with van der Waals surface area (Å²) in [5.74, 6) is 0.290. The Morgan fingerprint density at radius 3 is 1.87 bits per heavy atom. The molecule has 0 unspecified atom stereocenters. The van der Waals surface area contributed by atoms with Gasteiger partial charge >= 0.3 is 7.12 Å². The monoisotopic (exact) mass is 314 g/mol. The molecule has 3 nitrogen and oxygen atoms in total. The molecule has 0 bridgehead atoms. The first-order valence-corrected chi connectivity index (χ1v) is 8.65. The molecule has 0 amide bonds. The number of benzene rings is 1. The number of carbonyl (C=O) groups excluding carboxylic acids is 1. The van der Waals surface area contributed by atoms with Crippen LogP contribution in [0, 0.1) is 0 Å². The minimum Gasteiger partial charge on any atom is -0.399 e. The van der Waals surface area contributed by atoms with Crippen molar-refractivity contribution in [1.29, 1.82) is 0 Å². The Bertz CT molecular complexity index is 582. The standard InChI is InChI=1S/C19H27BO3/c1-14(21)19(12-6-7-13-19)15-8-10-16(11-9-15)20-22-17(2,3)18(4,5)23-20/h8-11H,6-7,12-13H2,1-5H3. The van der Waals surface area contributed by atoms with Crippen LogP contribution in [-0.2, 0) is 19.5 Å². The van der Waals surface area contributed by atoms with Crippen LogP contribution in [-0.4, -0.2) is 24.1 Å². The average Bonchev–Trinajstić information content (AvgIpc) is 3.04. The summed E-state index contributed by atoms with van der Waals surface area (Å²) in [5, 5.41) is 0. The van der Waals surface area contributed by atoms with E-state index in [4.69, 9.17) is 9.31 Å². The van der Waals surface area contributed by atoms with Gasteiger partial charge in [-0.15, -0.1) is 0 Å². The van der Waals surface area contributed by atoms with Gasteiger partial charge in [0, 0.05) is 0 Å². The van der Waals surface area contributed by atoms with Crippen LogP contribution in [0.25, 0.3) is 0 Å². The highest BCUT2D eigenvalue weighted by Crippen LogP contribution is 2.42. The number of hydrogen-bond acceptors (Lipinski definition) is 3. The second-order valence-corrected chi connectivity index (χ2v) is 8.06. The van der Waals surface area contributed by atoms with E-state index in [-0.39, 0.29) is 23.7 Å². The maximum absolute atomic E-state index is 12.2. The summed E-state index contributed by atoms with van der Waals surface area (Å²) in [7, 11) is -0.342. The van der Waals surface area contributed by atoms with Crippen molar-refractivity contribution in [3.8, 4) is 0 Å². The molecule has 1 saturated heterocycles. The average molecular weight is 314 g/mol. The van der Waals surface area contributed by atoms with Crippen LogP contribution in [0.2, 0.25) is 0 Å². The molecule has 0 spiro atoms. The lowest BCUT2D eigenvalue weighted by Gasteiger charge is -2.32. The van der Waals surface area contributed by atoms with Gasteiger partial charge in [-0.25, -0.2) is 0 Å². The maximum atomic E-state index is 12.2. The number of Topliss-reactive ketones (excluding diaryl/α,β-unsaturated/α-hetero) is 1. The van der Waals surface area contributed by atoms with E-state index in [1.54, 1.807) is 6.92 Å². The van der Waals surface area contributed by atoms with E-state index in [9.17, 15) is 4.79 Å². The summed E-state index contributed by atoms with van der Waals surface area (Å²) < 4.78 is 12.2. The molecule has 2 aliphatic rings. The van der Waals surface area contributed by atoms with Gasteiger partial charge in [0.05, 0.1) is 16.6 Å². The molecular formula is C19H27BO3. The van der Waals surface area contributed by atoms with E-state index in [2.05, 4.69) is 52.0 Å². The number of carbonyl (C=O) groups is 1. The van der Waals surface area contributed by atoms with Crippen LogP contribution >= 0.6 is 0 Å². The van der Waals surface area contributed by atoms with Gasteiger partial charge in [-0.3, -0.25) is 4.79 Å². The van der Waals surface area contributed by atoms with E-state index < -0.39 is 0 Å². The highest BCUT2D eigenvalue weighted by Gasteiger charge is 2.51. The lowest BCUT2D eigenvalue weighted by Crippen LogP contribution is -2.41. The van der Waals surface area contributed by atoms with E-state index >= 15 is 0 Å². The molecule has 0 N–H and O–H groups in total. The van der Waals surface area contributed by atoms with Gasteiger partial charge in [-0.1, -0.05) is 37.1 Å². The smallest absolute Gasteiger partial charge is 0.399 e. The van der Waals surface area contributed by atoms with Crippen LogP contribution < -0.4 is 5.46 Å². The molecule has 0 radical (unpaired) electrons. The first kappa shape index (κ1) is 16.7. The molecule has 0 aromatic heterocycles. The SMILES string of the molecule is CC(=O)C1(c2ccc(B3OC(C)(C)C(C)(C)O3)cc2)CCCC1. The third kappa shape index (κ3) is 2.66. The topological polar surface area (TPSA) is 35.5 Å². The zero-order chi connectivity index (χ0) is 16.9. The summed E-state index contributed by atoms with van der Waals surface area (Å²) in [4.78, 5) is 12.2. The minimum absolute atomic E-state index is 0.269. The molecule has 1 aliphatic heterocycles. The van der Waals surface area contributed by atoms with Crippen LogP contribution in [0.3, 0.4) is 0 Å². The largest absolute Gasteiger partial charge is 0.494 e. The van der Waals surface area contributed by atoms with Crippen molar-refractivity contribution in [2.45, 2.75) is 76.9 Å². The van der Waals surface area contributed by atoms with E-state index in [1.165, 1.54) is 0 Å². The van der Waals surface area contributed by atoms with E-state index in [0.29, 0.717) is 5.78 Å². The molecule has 1 heterocycles. The second-order valence-electron chi connectivity index (χ2n) is 8.06. The predicted molar refractivity (Wildman–Crippen MR) is 93.0 cm³/mol. The molecule has 1 aliphatic carbocycles. The van der Waals surface area contributed by atoms with Crippen molar-refractivity contribution < 1.29 is 14.1 Å². The molecule has 1 aromatic carbocycles. The Kier molecular flexibility index (Phi) is 3.97. The van der Waals surface area contributed by atoms with Gasteiger partial charge in [0.1, 0.15) is 5.78 Å². The normalized spacial score (nSPS) is 24.8. The van der Waals surface area contributed by atoms with E-state index in [0.717, 1.165) is 36.7 Å². The van der Waals surface area contributed by atoms with Gasteiger partial charge < -0.3 is 9.31 Å². The van der Waals surface area contributed by atoms with Crippen molar-refractivity contribution in [3.05, 3.63) is 29.8 Å². The Labute approximate surface area is 139 Å². The molecule has 1 saturated carbocycles. The number of hydrogen-bond donors (Lipinski definition) is 0. The summed E-state index contributed by atoms with van der Waals surface area (Å²) in [6.45, 7) is 9.97. The summed E-state index contributed by atoms with van der Waals surface area (Å²) in [5.41, 5.74) is 1.23. The van der Waals surface area contributed by atoms with Gasteiger partial charge in [0.25, 0.3) is 0 Å². The van der Waals surface area contributed by atoms with Gasteiger partial charge in [0.2, 0.25) is 0 Å². The number of rotatable bonds is 3. The lowest BCUT2D eigenvalue weighted by molar-refractivity contribution is -0.122. The quantitative estimate of drug-likeness (QED) is 0.802. The fourth-order valence-electron chi connectivity index (χ4n) is 3.76. The molecule has 23 heavy (non-hydrogen) atoms. The Hall–Kier alpha value is -1.13. The van der Waals surface area contributed by atoms with Crippen LogP contribution in [0.4, 0.5) is 0 Å². The van der Waals surface area contributed by atoms with Crippen molar-refractivity contribution >= 4 is 18.4 Å². The van der Waals surface area contributed by atoms with Crippen molar-refractivity contribution in [3.63, 3.8) is 0 Å². The van der Waals surface area contributed by atoms with Crippen LogP contribution in [0.1, 0.15) is 65.9 Å². The summed E-state index contributed by atoms with van der Waals surface area (Å²) in [6, 6.07) is 8.29. The molecule has 3 rings (SSSR count). The molecule has 0 atom stereocenters. The van der Waals surface area contributed by atoms with E-state index in [1.807, 2.05) is 0 Å². The fraction of sp³-hybridized carbons (Fsp3) is 0.632. The summed E-state index contributed by atoms with van der Waals surface area (Å²) >= 11 is 0. The molecule has 4 heteroatoms. The first-order chi connectivity index (χ1) is 10.7.